The van der Waals surface area contributed by atoms with Gasteiger partial charge < -0.3 is 10.8 Å². The Morgan fingerprint density at radius 1 is 1.33 bits per heavy atom. The van der Waals surface area contributed by atoms with Crippen LogP contribution in [0.3, 0.4) is 0 Å². The number of carbonyl (C=O) groups is 1. The smallest absolute Gasteiger partial charge is 0.320 e. The van der Waals surface area contributed by atoms with Gasteiger partial charge in [0.25, 0.3) is 0 Å². The summed E-state index contributed by atoms with van der Waals surface area (Å²) in [6.07, 6.45) is 0.282. The number of hydrogen-bond acceptors (Lipinski definition) is 2. The molecule has 82 valence electrons. The minimum Gasteiger partial charge on any atom is -0.480 e. The molecule has 0 fully saturated rings. The van der Waals surface area contributed by atoms with Gasteiger partial charge in [-0.25, -0.2) is 0 Å². The van der Waals surface area contributed by atoms with Gasteiger partial charge in [-0.3, -0.25) is 4.79 Å². The zero-order chi connectivity index (χ0) is 11.6. The molecule has 0 saturated carbocycles. The van der Waals surface area contributed by atoms with Crippen LogP contribution >= 0.6 is 47.8 Å². The van der Waals surface area contributed by atoms with Crippen molar-refractivity contribution in [1.82, 2.24) is 0 Å². The first-order valence-electron chi connectivity index (χ1n) is 4.03. The largest absolute Gasteiger partial charge is 0.480 e. The van der Waals surface area contributed by atoms with Gasteiger partial charge >= 0.3 is 5.97 Å². The van der Waals surface area contributed by atoms with E-state index in [0.717, 1.165) is 19.0 Å². The molecule has 0 bridgehead atoms. The van der Waals surface area contributed by atoms with Crippen molar-refractivity contribution in [2.24, 2.45) is 5.73 Å². The third-order valence-electron chi connectivity index (χ3n) is 1.85. The summed E-state index contributed by atoms with van der Waals surface area (Å²) < 4.78 is 2.58. The highest BCUT2D eigenvalue weighted by molar-refractivity contribution is 9.11. The van der Waals surface area contributed by atoms with Gasteiger partial charge in [-0.2, -0.15) is 0 Å². The Labute approximate surface area is 112 Å². The number of benzene rings is 1. The fraction of sp³-hybridized carbons (Fsp3) is 0.222. The summed E-state index contributed by atoms with van der Waals surface area (Å²) in [5, 5.41) is 8.71. The summed E-state index contributed by atoms with van der Waals surface area (Å²) in [6, 6.07) is 2.82. The van der Waals surface area contributed by atoms with Crippen LogP contribution in [0, 0.1) is 0 Å². The van der Waals surface area contributed by atoms with Crippen LogP contribution < -0.4 is 5.73 Å². The number of halogens is 3. The minimum absolute atomic E-state index is 0.282. The van der Waals surface area contributed by atoms with Crippen LogP contribution in [0.1, 0.15) is 5.56 Å². The molecule has 15 heavy (non-hydrogen) atoms. The van der Waals surface area contributed by atoms with Crippen molar-refractivity contribution in [3.63, 3.8) is 0 Å². The number of nitrogens with two attached hydrogens (primary N) is 1. The first kappa shape index (κ1) is 13.2. The lowest BCUT2D eigenvalue weighted by molar-refractivity contribution is -0.138. The Bertz CT molecular complexity index is 372. The third kappa shape index (κ3) is 3.55. The molecule has 0 aliphatic heterocycles. The van der Waals surface area contributed by atoms with Gasteiger partial charge in [-0.15, -0.1) is 0 Å². The summed E-state index contributed by atoms with van der Waals surface area (Å²) in [6.45, 7) is 0. The van der Waals surface area contributed by atoms with Gasteiger partial charge in [-0.1, -0.05) is 47.8 Å². The van der Waals surface area contributed by atoms with Crippen molar-refractivity contribution in [2.75, 3.05) is 0 Å². The summed E-state index contributed by atoms with van der Waals surface area (Å²) in [5.74, 6) is -1.00. The molecule has 0 unspecified atom stereocenters. The van der Waals surface area contributed by atoms with Crippen LogP contribution in [0.2, 0.25) is 0 Å². The minimum atomic E-state index is -1.00. The molecular formula is C9H8Br3NO2. The Hall–Kier alpha value is 0.0900. The predicted octanol–water partition coefficient (Wildman–Crippen LogP) is 2.93. The molecule has 1 atom stereocenters. The van der Waals surface area contributed by atoms with Crippen molar-refractivity contribution >= 4 is 53.8 Å². The van der Waals surface area contributed by atoms with Gasteiger partial charge in [0, 0.05) is 19.8 Å². The fourth-order valence-corrected chi connectivity index (χ4v) is 3.66. The highest BCUT2D eigenvalue weighted by Crippen LogP contribution is 2.30. The van der Waals surface area contributed by atoms with E-state index in [9.17, 15) is 4.79 Å². The Morgan fingerprint density at radius 3 is 2.20 bits per heavy atom. The maximum Gasteiger partial charge on any atom is 0.320 e. The average molecular weight is 402 g/mol. The van der Waals surface area contributed by atoms with Crippen LogP contribution in [0.4, 0.5) is 0 Å². The van der Waals surface area contributed by atoms with Crippen LogP contribution in [0.5, 0.6) is 0 Å². The van der Waals surface area contributed by atoms with Crippen LogP contribution in [0.15, 0.2) is 25.6 Å². The van der Waals surface area contributed by atoms with E-state index in [4.69, 9.17) is 10.8 Å². The third-order valence-corrected chi connectivity index (χ3v) is 3.72. The molecule has 0 spiro atoms. The predicted molar refractivity (Wildman–Crippen MR) is 68.9 cm³/mol. The summed E-state index contributed by atoms with van der Waals surface area (Å²) >= 11 is 10.1. The molecule has 0 aromatic heterocycles. The van der Waals surface area contributed by atoms with E-state index >= 15 is 0 Å². The van der Waals surface area contributed by atoms with Gasteiger partial charge in [0.05, 0.1) is 0 Å². The summed E-state index contributed by atoms with van der Waals surface area (Å²) in [4.78, 5) is 10.6. The first-order chi connectivity index (χ1) is 6.91. The first-order valence-corrected chi connectivity index (χ1v) is 6.41. The Kier molecular flexibility index (Phi) is 4.76. The Balaban J connectivity index is 3.00. The molecule has 0 amide bonds. The number of aliphatic carboxylic acids is 1. The van der Waals surface area contributed by atoms with E-state index in [1.54, 1.807) is 0 Å². The van der Waals surface area contributed by atoms with Crippen molar-refractivity contribution in [1.29, 1.82) is 0 Å². The van der Waals surface area contributed by atoms with E-state index in [0.29, 0.717) is 0 Å². The lowest BCUT2D eigenvalue weighted by Gasteiger charge is -2.11. The Morgan fingerprint density at radius 2 is 1.80 bits per heavy atom. The number of rotatable bonds is 3. The highest BCUT2D eigenvalue weighted by Gasteiger charge is 2.16. The van der Waals surface area contributed by atoms with Gasteiger partial charge in [-0.05, 0) is 17.7 Å². The van der Waals surface area contributed by atoms with E-state index in [1.165, 1.54) is 0 Å². The van der Waals surface area contributed by atoms with Crippen molar-refractivity contribution < 1.29 is 9.90 Å². The molecule has 0 saturated heterocycles. The highest BCUT2D eigenvalue weighted by atomic mass is 79.9. The maximum atomic E-state index is 10.6. The van der Waals surface area contributed by atoms with Gasteiger partial charge in [0.2, 0.25) is 0 Å². The number of carboxylic acid groups (broad SMARTS) is 1. The quantitative estimate of drug-likeness (QED) is 0.818. The van der Waals surface area contributed by atoms with Crippen molar-refractivity contribution in [2.45, 2.75) is 12.5 Å². The molecule has 1 aromatic carbocycles. The standard InChI is InChI=1S/C9H8Br3NO2/c10-4-1-6(11)5(7(12)2-4)3-8(13)9(14)15/h1-2,8H,3,13H2,(H,14,15)/t8-/m0/s1. The topological polar surface area (TPSA) is 63.3 Å². The van der Waals surface area contributed by atoms with Crippen LogP contribution in [-0.4, -0.2) is 17.1 Å². The van der Waals surface area contributed by atoms with Crippen LogP contribution in [-0.2, 0) is 11.2 Å². The lowest BCUT2D eigenvalue weighted by atomic mass is 10.1. The normalized spacial score (nSPS) is 12.5. The SMILES string of the molecule is N[C@@H](Cc1c(Br)cc(Br)cc1Br)C(=O)O. The van der Waals surface area contributed by atoms with Crippen molar-refractivity contribution in [3.05, 3.63) is 31.1 Å². The second kappa shape index (κ2) is 5.43. The summed E-state index contributed by atoms with van der Waals surface area (Å²) in [7, 11) is 0. The average Bonchev–Trinajstić information content (AvgIpc) is 2.10. The lowest BCUT2D eigenvalue weighted by Crippen LogP contribution is -2.32. The molecule has 3 N–H and O–H groups in total. The molecular weight excluding hydrogens is 394 g/mol. The van der Waals surface area contributed by atoms with Crippen LogP contribution in [0.25, 0.3) is 0 Å². The van der Waals surface area contributed by atoms with E-state index in [2.05, 4.69) is 47.8 Å². The molecule has 6 heteroatoms. The number of hydrogen-bond donors (Lipinski definition) is 2. The van der Waals surface area contributed by atoms with Gasteiger partial charge in [0.1, 0.15) is 6.04 Å². The fourth-order valence-electron chi connectivity index (χ4n) is 1.07. The zero-order valence-corrected chi connectivity index (χ0v) is 12.3. The maximum absolute atomic E-state index is 10.6. The van der Waals surface area contributed by atoms with Crippen molar-refractivity contribution in [3.8, 4) is 0 Å². The molecule has 1 aromatic rings. The molecule has 0 aliphatic carbocycles. The van der Waals surface area contributed by atoms with E-state index in [-0.39, 0.29) is 6.42 Å². The molecule has 0 radical (unpaired) electrons. The molecule has 1 rings (SSSR count). The monoisotopic (exact) mass is 399 g/mol. The molecule has 3 nitrogen and oxygen atoms in total. The molecule has 0 heterocycles. The van der Waals surface area contributed by atoms with E-state index in [1.807, 2.05) is 12.1 Å². The van der Waals surface area contributed by atoms with E-state index < -0.39 is 12.0 Å². The number of carboxylic acids is 1. The second-order valence-corrected chi connectivity index (χ2v) is 5.62. The zero-order valence-electron chi connectivity index (χ0n) is 7.51. The summed E-state index contributed by atoms with van der Waals surface area (Å²) in [5.41, 5.74) is 6.33. The van der Waals surface area contributed by atoms with Gasteiger partial charge in [0.15, 0.2) is 0 Å². The molecule has 0 aliphatic rings. The second-order valence-electron chi connectivity index (χ2n) is 3.00.